The van der Waals surface area contributed by atoms with Crippen LogP contribution in [0.25, 0.3) is 0 Å². The van der Waals surface area contributed by atoms with Gasteiger partial charge in [0.1, 0.15) is 48.8 Å². The minimum Gasteiger partial charge on any atom is -0.394 e. The van der Waals surface area contributed by atoms with E-state index in [0.717, 1.165) is 51.4 Å². The largest absolute Gasteiger partial charge is 0.394 e. The Balaban J connectivity index is 2.02. The molecule has 2 saturated heterocycles. The predicted octanol–water partition coefficient (Wildman–Crippen LogP) is 0.140. The van der Waals surface area contributed by atoms with Crippen molar-refractivity contribution in [2.75, 3.05) is 19.8 Å². The minimum absolute atomic E-state index is 0.259. The van der Waals surface area contributed by atoms with Gasteiger partial charge in [0.15, 0.2) is 12.6 Å². The molecule has 14 heteroatoms. The van der Waals surface area contributed by atoms with Gasteiger partial charge >= 0.3 is 0 Å². The Hall–Kier alpha value is -1.27. The molecule has 2 fully saturated rings. The Bertz CT molecular complexity index is 862. The number of rotatable bonds is 23. The molecule has 276 valence electrons. The molecular formula is C33H61NO13. The third-order valence-electron chi connectivity index (χ3n) is 8.72. The van der Waals surface area contributed by atoms with E-state index in [1.807, 2.05) is 6.08 Å². The van der Waals surface area contributed by atoms with Crippen LogP contribution in [-0.4, -0.2) is 140 Å². The highest BCUT2D eigenvalue weighted by Gasteiger charge is 2.50. The summed E-state index contributed by atoms with van der Waals surface area (Å²) < 4.78 is 22.4. The third kappa shape index (κ3) is 13.9. The van der Waals surface area contributed by atoms with Gasteiger partial charge in [-0.05, 0) is 19.3 Å². The molecule has 0 aliphatic carbocycles. The van der Waals surface area contributed by atoms with Gasteiger partial charge in [0.25, 0.3) is 0 Å². The van der Waals surface area contributed by atoms with Crippen LogP contribution in [0.1, 0.15) is 97.3 Å². The summed E-state index contributed by atoms with van der Waals surface area (Å²) in [7, 11) is 0. The van der Waals surface area contributed by atoms with Crippen LogP contribution in [0.3, 0.4) is 0 Å². The topological polar surface area (TPSA) is 228 Å². The zero-order valence-corrected chi connectivity index (χ0v) is 28.0. The fourth-order valence-corrected chi connectivity index (χ4v) is 5.70. The number of hydrogen-bond donors (Lipinski definition) is 9. The molecule has 14 nitrogen and oxygen atoms in total. The molecule has 2 heterocycles. The Labute approximate surface area is 278 Å². The monoisotopic (exact) mass is 679 g/mol. The Morgan fingerprint density at radius 3 is 1.96 bits per heavy atom. The molecule has 0 aromatic carbocycles. The van der Waals surface area contributed by atoms with Gasteiger partial charge in [-0.25, -0.2) is 0 Å². The first-order valence-corrected chi connectivity index (χ1v) is 17.4. The Morgan fingerprint density at radius 1 is 0.745 bits per heavy atom. The van der Waals surface area contributed by atoms with Gasteiger partial charge < -0.3 is 65.1 Å². The second-order valence-electron chi connectivity index (χ2n) is 12.7. The number of carbonyl (C=O) groups is 1. The molecule has 0 aromatic rings. The first kappa shape index (κ1) is 41.9. The van der Waals surface area contributed by atoms with Gasteiger partial charge in [0.05, 0.1) is 32.0 Å². The lowest BCUT2D eigenvalue weighted by molar-refractivity contribution is -0.359. The summed E-state index contributed by atoms with van der Waals surface area (Å²) >= 11 is 0. The molecule has 0 aromatic heterocycles. The molecule has 1 amide bonds. The SMILES string of the molecule is CCCCCCCC/C=C/C(O)C(COC1OC(CO)C(OC2OC(CO)C(O)C(O)C2O)C(O)C1O)NC(=O)CCCCCCC. The molecule has 0 saturated carbocycles. The highest BCUT2D eigenvalue weighted by Crippen LogP contribution is 2.29. The molecule has 47 heavy (non-hydrogen) atoms. The molecule has 2 rings (SSSR count). The van der Waals surface area contributed by atoms with Crippen molar-refractivity contribution in [3.05, 3.63) is 12.2 Å². The molecule has 12 atom stereocenters. The summed E-state index contributed by atoms with van der Waals surface area (Å²) in [5.41, 5.74) is 0. The molecular weight excluding hydrogens is 618 g/mol. The summed E-state index contributed by atoms with van der Waals surface area (Å²) in [6.45, 7) is 2.57. The summed E-state index contributed by atoms with van der Waals surface area (Å²) in [5, 5.41) is 85.4. The standard InChI is InChI=1S/C33H61NO13/c1-3-5-7-9-10-11-13-14-16-22(37)21(34-25(38)17-15-12-8-6-4-2)20-44-32-30(43)28(41)31(24(19-36)46-32)47-33-29(42)27(40)26(39)23(18-35)45-33/h14,16,21-24,26-33,35-37,39-43H,3-13,15,17-20H2,1-2H3,(H,34,38)/b16-14+. The summed E-state index contributed by atoms with van der Waals surface area (Å²) in [6, 6.07) is -0.900. The number of carbonyl (C=O) groups excluding carboxylic acids is 1. The number of amides is 1. The third-order valence-corrected chi connectivity index (χ3v) is 8.72. The molecule has 12 unspecified atom stereocenters. The molecule has 0 spiro atoms. The lowest BCUT2D eigenvalue weighted by Crippen LogP contribution is -2.65. The zero-order valence-electron chi connectivity index (χ0n) is 28.0. The number of aliphatic hydroxyl groups is 8. The van der Waals surface area contributed by atoms with Crippen LogP contribution in [0.4, 0.5) is 0 Å². The van der Waals surface area contributed by atoms with Crippen molar-refractivity contribution >= 4 is 5.91 Å². The number of ether oxygens (including phenoxy) is 4. The van der Waals surface area contributed by atoms with Crippen LogP contribution < -0.4 is 5.32 Å². The van der Waals surface area contributed by atoms with E-state index >= 15 is 0 Å². The van der Waals surface area contributed by atoms with E-state index in [9.17, 15) is 45.6 Å². The number of unbranched alkanes of at least 4 members (excludes halogenated alkanes) is 10. The van der Waals surface area contributed by atoms with E-state index in [1.54, 1.807) is 6.08 Å². The molecule has 0 bridgehead atoms. The Morgan fingerprint density at radius 2 is 1.32 bits per heavy atom. The zero-order chi connectivity index (χ0) is 34.8. The van der Waals surface area contributed by atoms with E-state index in [0.29, 0.717) is 6.42 Å². The van der Waals surface area contributed by atoms with Gasteiger partial charge in [0.2, 0.25) is 5.91 Å². The van der Waals surface area contributed by atoms with Crippen LogP contribution in [0.5, 0.6) is 0 Å². The maximum Gasteiger partial charge on any atom is 0.220 e. The highest BCUT2D eigenvalue weighted by molar-refractivity contribution is 5.76. The number of aliphatic hydroxyl groups excluding tert-OH is 8. The lowest BCUT2D eigenvalue weighted by Gasteiger charge is -2.46. The minimum atomic E-state index is -1.78. The maximum absolute atomic E-state index is 12.8. The number of allylic oxidation sites excluding steroid dienone is 1. The van der Waals surface area contributed by atoms with Crippen LogP contribution in [-0.2, 0) is 23.7 Å². The predicted molar refractivity (Wildman–Crippen MR) is 171 cm³/mol. The quantitative estimate of drug-likeness (QED) is 0.0518. The first-order chi connectivity index (χ1) is 22.6. The van der Waals surface area contributed by atoms with Gasteiger partial charge in [0, 0.05) is 6.42 Å². The normalized spacial score (nSPS) is 32.8. The van der Waals surface area contributed by atoms with Crippen molar-refractivity contribution in [2.24, 2.45) is 0 Å². The van der Waals surface area contributed by atoms with Gasteiger partial charge in [-0.3, -0.25) is 4.79 Å². The fourth-order valence-electron chi connectivity index (χ4n) is 5.70. The van der Waals surface area contributed by atoms with E-state index < -0.39 is 86.8 Å². The van der Waals surface area contributed by atoms with E-state index in [2.05, 4.69) is 19.2 Å². The van der Waals surface area contributed by atoms with Crippen LogP contribution >= 0.6 is 0 Å². The molecule has 2 aliphatic rings. The van der Waals surface area contributed by atoms with Crippen LogP contribution in [0.2, 0.25) is 0 Å². The average Bonchev–Trinajstić information content (AvgIpc) is 3.06. The summed E-state index contributed by atoms with van der Waals surface area (Å²) in [5.74, 6) is -0.259. The van der Waals surface area contributed by atoms with Gasteiger partial charge in [-0.1, -0.05) is 83.8 Å². The Kier molecular flexibility index (Phi) is 20.7. The van der Waals surface area contributed by atoms with Crippen LogP contribution in [0, 0.1) is 0 Å². The van der Waals surface area contributed by atoms with Crippen molar-refractivity contribution in [1.82, 2.24) is 5.32 Å². The summed E-state index contributed by atoms with van der Waals surface area (Å²) in [6.07, 6.45) is -0.739. The first-order valence-electron chi connectivity index (χ1n) is 17.4. The molecule has 9 N–H and O–H groups in total. The van der Waals surface area contributed by atoms with Crippen molar-refractivity contribution < 1.29 is 64.6 Å². The fraction of sp³-hybridized carbons (Fsp3) is 0.909. The van der Waals surface area contributed by atoms with E-state index in [1.165, 1.54) is 19.3 Å². The molecule has 0 radical (unpaired) electrons. The van der Waals surface area contributed by atoms with E-state index in [4.69, 9.17) is 18.9 Å². The van der Waals surface area contributed by atoms with Gasteiger partial charge in [-0.2, -0.15) is 0 Å². The average molecular weight is 680 g/mol. The van der Waals surface area contributed by atoms with Crippen molar-refractivity contribution in [2.45, 2.75) is 171 Å². The second kappa shape index (κ2) is 23.2. The smallest absolute Gasteiger partial charge is 0.220 e. The highest BCUT2D eigenvalue weighted by atomic mass is 16.7. The number of nitrogens with one attached hydrogen (secondary N) is 1. The second-order valence-corrected chi connectivity index (χ2v) is 12.7. The van der Waals surface area contributed by atoms with Crippen molar-refractivity contribution in [3.8, 4) is 0 Å². The summed E-state index contributed by atoms with van der Waals surface area (Å²) in [4.78, 5) is 12.8. The van der Waals surface area contributed by atoms with Crippen LogP contribution in [0.15, 0.2) is 12.2 Å². The lowest BCUT2D eigenvalue weighted by atomic mass is 9.97. The van der Waals surface area contributed by atoms with E-state index in [-0.39, 0.29) is 18.9 Å². The van der Waals surface area contributed by atoms with Gasteiger partial charge in [-0.15, -0.1) is 0 Å². The van der Waals surface area contributed by atoms with Crippen molar-refractivity contribution in [1.29, 1.82) is 0 Å². The van der Waals surface area contributed by atoms with Crippen molar-refractivity contribution in [3.63, 3.8) is 0 Å². The number of hydrogen-bond acceptors (Lipinski definition) is 13. The maximum atomic E-state index is 12.8. The molecule has 2 aliphatic heterocycles.